The molecule has 0 bridgehead atoms. The molecule has 0 aliphatic rings. The summed E-state index contributed by atoms with van der Waals surface area (Å²) < 4.78 is 22.9. The van der Waals surface area contributed by atoms with Gasteiger partial charge in [0.25, 0.3) is 0 Å². The number of anilines is 1. The molecule has 0 radical (unpaired) electrons. The summed E-state index contributed by atoms with van der Waals surface area (Å²) >= 11 is 0. The molecule has 0 aliphatic heterocycles. The molecule has 0 fully saturated rings. The van der Waals surface area contributed by atoms with Crippen LogP contribution in [-0.2, 0) is 9.84 Å². The third-order valence-electron chi connectivity index (χ3n) is 2.74. The van der Waals surface area contributed by atoms with Gasteiger partial charge in [-0.15, -0.1) is 0 Å². The summed E-state index contributed by atoms with van der Waals surface area (Å²) in [7, 11) is 0.825. The molecule has 0 saturated carbocycles. The molecule has 2 aromatic carbocycles. The minimum atomic E-state index is -3.13. The average molecular weight is 249 g/mol. The summed E-state index contributed by atoms with van der Waals surface area (Å²) in [6.45, 7) is 0. The molecule has 3 nitrogen and oxygen atoms in total. The third-order valence-corrected chi connectivity index (χ3v) is 3.85. The maximum Gasteiger partial charge on any atom is 0.175 e. The summed E-state index contributed by atoms with van der Waals surface area (Å²) in [4.78, 5) is 2.38. The fraction of sp³-hybridized carbons (Fsp3) is 0.231. The Morgan fingerprint density at radius 3 is 2.12 bits per heavy atom. The van der Waals surface area contributed by atoms with Crippen LogP contribution in [0.3, 0.4) is 0 Å². The summed E-state index contributed by atoms with van der Waals surface area (Å²) in [5, 5.41) is 1.99. The Balaban J connectivity index is 2.62. The van der Waals surface area contributed by atoms with E-state index in [1.165, 1.54) is 6.26 Å². The fourth-order valence-corrected chi connectivity index (χ4v) is 2.38. The maximum absolute atomic E-state index is 11.4. The predicted molar refractivity (Wildman–Crippen MR) is 71.4 cm³/mol. The monoisotopic (exact) mass is 249 g/mol. The van der Waals surface area contributed by atoms with Crippen LogP contribution in [0, 0.1) is 0 Å². The lowest BCUT2D eigenvalue weighted by molar-refractivity contribution is 0.602. The molecule has 4 heteroatoms. The van der Waals surface area contributed by atoms with Gasteiger partial charge in [0.15, 0.2) is 9.84 Å². The van der Waals surface area contributed by atoms with E-state index in [4.69, 9.17) is 0 Å². The highest BCUT2D eigenvalue weighted by Gasteiger charge is 2.07. The molecule has 0 N–H and O–H groups in total. The zero-order valence-electron chi connectivity index (χ0n) is 10.1. The van der Waals surface area contributed by atoms with Crippen LogP contribution >= 0.6 is 0 Å². The third kappa shape index (κ3) is 2.42. The number of benzene rings is 2. The number of rotatable bonds is 2. The lowest BCUT2D eigenvalue weighted by atomic mass is 10.1. The largest absolute Gasteiger partial charge is 0.378 e. The Kier molecular flexibility index (Phi) is 2.83. The van der Waals surface area contributed by atoms with Crippen LogP contribution in [0.15, 0.2) is 41.3 Å². The van der Waals surface area contributed by atoms with Crippen LogP contribution in [0.25, 0.3) is 10.8 Å². The Morgan fingerprint density at radius 1 is 0.941 bits per heavy atom. The van der Waals surface area contributed by atoms with Crippen molar-refractivity contribution in [2.45, 2.75) is 4.90 Å². The molecular formula is C13H15NO2S. The highest BCUT2D eigenvalue weighted by atomic mass is 32.2. The minimum Gasteiger partial charge on any atom is -0.378 e. The van der Waals surface area contributed by atoms with Gasteiger partial charge in [0.05, 0.1) is 4.90 Å². The van der Waals surface area contributed by atoms with E-state index < -0.39 is 9.84 Å². The van der Waals surface area contributed by atoms with Crippen molar-refractivity contribution in [3.8, 4) is 0 Å². The van der Waals surface area contributed by atoms with Crippen molar-refractivity contribution in [1.82, 2.24) is 0 Å². The molecule has 0 aliphatic carbocycles. The number of hydrogen-bond donors (Lipinski definition) is 0. The highest BCUT2D eigenvalue weighted by molar-refractivity contribution is 7.90. The zero-order chi connectivity index (χ0) is 12.6. The second-order valence-corrected chi connectivity index (χ2v) is 6.38. The van der Waals surface area contributed by atoms with Crippen molar-refractivity contribution in [1.29, 1.82) is 0 Å². The van der Waals surface area contributed by atoms with Crippen molar-refractivity contribution in [2.24, 2.45) is 0 Å². The van der Waals surface area contributed by atoms with Gasteiger partial charge in [-0.3, -0.25) is 0 Å². The molecule has 0 amide bonds. The molecule has 90 valence electrons. The Morgan fingerprint density at radius 2 is 1.53 bits per heavy atom. The van der Waals surface area contributed by atoms with Crippen LogP contribution in [0.4, 0.5) is 5.69 Å². The molecule has 0 unspecified atom stereocenters. The first-order valence-electron chi connectivity index (χ1n) is 5.29. The minimum absolute atomic E-state index is 0.364. The molecule has 2 aromatic rings. The zero-order valence-corrected chi connectivity index (χ0v) is 11.0. The first kappa shape index (κ1) is 11.9. The second-order valence-electron chi connectivity index (χ2n) is 4.36. The molecule has 0 heterocycles. The van der Waals surface area contributed by atoms with Crippen LogP contribution < -0.4 is 4.90 Å². The van der Waals surface area contributed by atoms with Gasteiger partial charge < -0.3 is 4.90 Å². The van der Waals surface area contributed by atoms with Gasteiger partial charge in [0.1, 0.15) is 0 Å². The number of fused-ring (bicyclic) bond motifs is 1. The van der Waals surface area contributed by atoms with E-state index in [1.54, 1.807) is 12.1 Å². The van der Waals surface area contributed by atoms with Gasteiger partial charge in [-0.2, -0.15) is 0 Å². The summed E-state index contributed by atoms with van der Waals surface area (Å²) in [6.07, 6.45) is 1.22. The average Bonchev–Trinajstić information content (AvgIpc) is 2.26. The Bertz CT molecular complexity index is 660. The molecular weight excluding hydrogens is 234 g/mol. The smallest absolute Gasteiger partial charge is 0.175 e. The van der Waals surface area contributed by atoms with Crippen molar-refractivity contribution < 1.29 is 8.42 Å². The SMILES string of the molecule is CN(C)c1ccc2cc(S(C)(=O)=O)ccc2c1. The van der Waals surface area contributed by atoms with Crippen LogP contribution in [0.5, 0.6) is 0 Å². The summed E-state index contributed by atoms with van der Waals surface area (Å²) in [5.74, 6) is 0. The molecule has 0 atom stereocenters. The number of hydrogen-bond acceptors (Lipinski definition) is 3. The van der Waals surface area contributed by atoms with Crippen LogP contribution in [0.2, 0.25) is 0 Å². The van der Waals surface area contributed by atoms with Gasteiger partial charge in [-0.1, -0.05) is 12.1 Å². The van der Waals surface area contributed by atoms with E-state index in [1.807, 2.05) is 43.3 Å². The summed E-state index contributed by atoms with van der Waals surface area (Å²) in [5.41, 5.74) is 1.10. The molecule has 0 saturated heterocycles. The first-order valence-corrected chi connectivity index (χ1v) is 7.18. The predicted octanol–water partition coefficient (Wildman–Crippen LogP) is 2.31. The van der Waals surface area contributed by atoms with Crippen molar-refractivity contribution >= 4 is 26.3 Å². The van der Waals surface area contributed by atoms with Crippen molar-refractivity contribution in [3.05, 3.63) is 36.4 Å². The number of nitrogens with zero attached hydrogens (tertiary/aromatic N) is 1. The van der Waals surface area contributed by atoms with E-state index in [0.29, 0.717) is 4.90 Å². The standard InChI is InChI=1S/C13H15NO2S/c1-14(2)12-6-4-11-9-13(17(3,15)16)7-5-10(11)8-12/h4-9H,1-3H3. The van der Waals surface area contributed by atoms with E-state index >= 15 is 0 Å². The molecule has 0 spiro atoms. The normalized spacial score (nSPS) is 11.7. The Labute approximate surface area is 102 Å². The van der Waals surface area contributed by atoms with E-state index in [2.05, 4.69) is 0 Å². The quantitative estimate of drug-likeness (QED) is 0.819. The van der Waals surface area contributed by atoms with Gasteiger partial charge >= 0.3 is 0 Å². The van der Waals surface area contributed by atoms with E-state index in [-0.39, 0.29) is 0 Å². The van der Waals surface area contributed by atoms with E-state index in [0.717, 1.165) is 16.5 Å². The van der Waals surface area contributed by atoms with Gasteiger partial charge in [-0.25, -0.2) is 8.42 Å². The highest BCUT2D eigenvalue weighted by Crippen LogP contribution is 2.23. The van der Waals surface area contributed by atoms with Gasteiger partial charge in [-0.05, 0) is 35.0 Å². The topological polar surface area (TPSA) is 37.4 Å². The molecule has 17 heavy (non-hydrogen) atoms. The Hall–Kier alpha value is -1.55. The maximum atomic E-state index is 11.4. The van der Waals surface area contributed by atoms with Crippen molar-refractivity contribution in [2.75, 3.05) is 25.3 Å². The second kappa shape index (κ2) is 4.04. The summed E-state index contributed by atoms with van der Waals surface area (Å²) in [6, 6.07) is 11.2. The van der Waals surface area contributed by atoms with Crippen LogP contribution in [-0.4, -0.2) is 28.8 Å². The van der Waals surface area contributed by atoms with Crippen molar-refractivity contribution in [3.63, 3.8) is 0 Å². The van der Waals surface area contributed by atoms with Gasteiger partial charge in [0.2, 0.25) is 0 Å². The van der Waals surface area contributed by atoms with Gasteiger partial charge in [0, 0.05) is 26.0 Å². The molecule has 2 rings (SSSR count). The fourth-order valence-electron chi connectivity index (χ4n) is 1.72. The van der Waals surface area contributed by atoms with Crippen LogP contribution in [0.1, 0.15) is 0 Å². The van der Waals surface area contributed by atoms with E-state index in [9.17, 15) is 8.42 Å². The molecule has 0 aromatic heterocycles. The number of sulfone groups is 1. The lowest BCUT2D eigenvalue weighted by Gasteiger charge is -2.13. The first-order chi connectivity index (χ1) is 7.88. The lowest BCUT2D eigenvalue weighted by Crippen LogP contribution is -2.08.